The minimum atomic E-state index is -1.28. The van der Waals surface area contributed by atoms with E-state index < -0.39 is 17.7 Å². The molecule has 6 heteroatoms. The highest BCUT2D eigenvalue weighted by Crippen LogP contribution is 2.43. The average molecular weight is 344 g/mol. The highest BCUT2D eigenvalue weighted by molar-refractivity contribution is 14.1. The van der Waals surface area contributed by atoms with E-state index in [4.69, 9.17) is 18.9 Å². The molecule has 2 rings (SSSR count). The lowest BCUT2D eigenvalue weighted by Gasteiger charge is -2.28. The fourth-order valence-electron chi connectivity index (χ4n) is 2.21. The van der Waals surface area contributed by atoms with Crippen molar-refractivity contribution in [1.29, 1.82) is 0 Å². The third-order valence-electron chi connectivity index (χ3n) is 2.82. The van der Waals surface area contributed by atoms with Crippen molar-refractivity contribution in [2.24, 2.45) is 0 Å². The lowest BCUT2D eigenvalue weighted by molar-refractivity contribution is -0.265. The van der Waals surface area contributed by atoms with Crippen LogP contribution in [0.1, 0.15) is 13.8 Å². The number of alkyl halides is 1. The first kappa shape index (κ1) is 13.0. The van der Waals surface area contributed by atoms with Crippen LogP contribution < -0.4 is 0 Å². The summed E-state index contributed by atoms with van der Waals surface area (Å²) >= 11 is 2.08. The minimum Gasteiger partial charge on any atom is -0.382 e. The Hall–Kier alpha value is 0.530. The number of hydrogen-bond acceptors (Lipinski definition) is 5. The van der Waals surface area contributed by atoms with Crippen molar-refractivity contribution < 1.29 is 24.1 Å². The van der Waals surface area contributed by atoms with Crippen LogP contribution in [0.4, 0.5) is 0 Å². The Kier molecular flexibility index (Phi) is 3.51. The number of halogens is 1. The molecule has 0 aromatic heterocycles. The van der Waals surface area contributed by atoms with Crippen molar-refractivity contribution in [3.8, 4) is 0 Å². The molecule has 16 heavy (non-hydrogen) atoms. The summed E-state index contributed by atoms with van der Waals surface area (Å²) in [5.41, 5.74) is 0. The van der Waals surface area contributed by atoms with E-state index in [1.807, 2.05) is 13.8 Å². The highest BCUT2D eigenvalue weighted by atomic mass is 127. The summed E-state index contributed by atoms with van der Waals surface area (Å²) in [6.07, 6.45) is -0.995. The summed E-state index contributed by atoms with van der Waals surface area (Å²) in [5, 5.41) is 10.3. The predicted molar refractivity (Wildman–Crippen MR) is 64.4 cm³/mol. The molecule has 94 valence electrons. The summed E-state index contributed by atoms with van der Waals surface area (Å²) in [7, 11) is 1.60. The lowest BCUT2D eigenvalue weighted by atomic mass is 10.1. The Bertz CT molecular complexity index is 272. The molecule has 1 N–H and O–H groups in total. The standard InChI is InChI=1S/C10H17IO5/c1-9(2)15-7-6(4-13-3)14-10(12,5-11)8(7)16-9/h6-8,12H,4-5H2,1-3H3/t6-,7-,8-,10?/m1/s1. The molecule has 0 aromatic rings. The second kappa shape index (κ2) is 4.33. The zero-order valence-corrected chi connectivity index (χ0v) is 11.8. The van der Waals surface area contributed by atoms with Crippen molar-refractivity contribution >= 4 is 22.6 Å². The molecule has 0 radical (unpaired) electrons. The molecule has 4 atom stereocenters. The van der Waals surface area contributed by atoms with E-state index in [0.29, 0.717) is 11.0 Å². The van der Waals surface area contributed by atoms with Gasteiger partial charge in [-0.2, -0.15) is 0 Å². The third kappa shape index (κ3) is 2.11. The number of fused-ring (bicyclic) bond motifs is 1. The maximum absolute atomic E-state index is 10.3. The normalized spacial score (nSPS) is 45.9. The first-order valence-electron chi connectivity index (χ1n) is 5.22. The Morgan fingerprint density at radius 2 is 2.00 bits per heavy atom. The van der Waals surface area contributed by atoms with E-state index in [2.05, 4.69) is 22.6 Å². The van der Waals surface area contributed by atoms with Crippen molar-refractivity contribution in [2.75, 3.05) is 18.1 Å². The minimum absolute atomic E-state index is 0.269. The molecule has 2 saturated heterocycles. The zero-order valence-electron chi connectivity index (χ0n) is 9.60. The summed E-state index contributed by atoms with van der Waals surface area (Å²) in [4.78, 5) is 0. The smallest absolute Gasteiger partial charge is 0.204 e. The predicted octanol–water partition coefficient (Wildman–Crippen LogP) is 0.675. The molecule has 2 aliphatic rings. The topological polar surface area (TPSA) is 57.2 Å². The summed E-state index contributed by atoms with van der Waals surface area (Å²) in [5.74, 6) is -1.95. The molecule has 0 spiro atoms. The molecule has 0 saturated carbocycles. The van der Waals surface area contributed by atoms with Gasteiger partial charge >= 0.3 is 0 Å². The van der Waals surface area contributed by atoms with Crippen LogP contribution in [0.2, 0.25) is 0 Å². The van der Waals surface area contributed by atoms with Gasteiger partial charge in [-0.1, -0.05) is 22.6 Å². The molecule has 2 heterocycles. The fourth-order valence-corrected chi connectivity index (χ4v) is 2.82. The Labute approximate surface area is 109 Å². The van der Waals surface area contributed by atoms with Gasteiger partial charge in [-0.25, -0.2) is 0 Å². The monoisotopic (exact) mass is 344 g/mol. The maximum Gasteiger partial charge on any atom is 0.204 e. The molecule has 0 aliphatic carbocycles. The van der Waals surface area contributed by atoms with Crippen LogP contribution >= 0.6 is 22.6 Å². The van der Waals surface area contributed by atoms with Gasteiger partial charge in [-0.15, -0.1) is 0 Å². The molecule has 0 amide bonds. The van der Waals surface area contributed by atoms with E-state index in [1.165, 1.54) is 0 Å². The van der Waals surface area contributed by atoms with Crippen LogP contribution in [0, 0.1) is 0 Å². The van der Waals surface area contributed by atoms with Crippen molar-refractivity contribution in [3.05, 3.63) is 0 Å². The van der Waals surface area contributed by atoms with Gasteiger partial charge in [-0.3, -0.25) is 0 Å². The van der Waals surface area contributed by atoms with Crippen LogP contribution in [-0.4, -0.2) is 53.1 Å². The van der Waals surface area contributed by atoms with Gasteiger partial charge in [0.2, 0.25) is 5.79 Å². The second-order valence-electron chi connectivity index (χ2n) is 4.61. The second-order valence-corrected chi connectivity index (χ2v) is 5.37. The van der Waals surface area contributed by atoms with Crippen LogP contribution in [0.25, 0.3) is 0 Å². The van der Waals surface area contributed by atoms with Crippen LogP contribution in [0.5, 0.6) is 0 Å². The van der Waals surface area contributed by atoms with E-state index in [-0.39, 0.29) is 12.2 Å². The maximum atomic E-state index is 10.3. The van der Waals surface area contributed by atoms with Gasteiger partial charge in [0.15, 0.2) is 5.79 Å². The van der Waals surface area contributed by atoms with Gasteiger partial charge in [0.1, 0.15) is 18.3 Å². The number of hydrogen-bond donors (Lipinski definition) is 1. The quantitative estimate of drug-likeness (QED) is 0.603. The van der Waals surface area contributed by atoms with Crippen LogP contribution in [0.15, 0.2) is 0 Å². The molecule has 5 nitrogen and oxygen atoms in total. The Morgan fingerprint density at radius 1 is 1.31 bits per heavy atom. The molecule has 1 unspecified atom stereocenters. The van der Waals surface area contributed by atoms with Gasteiger partial charge in [0.25, 0.3) is 0 Å². The van der Waals surface area contributed by atoms with E-state index in [1.54, 1.807) is 7.11 Å². The van der Waals surface area contributed by atoms with Crippen LogP contribution in [0.3, 0.4) is 0 Å². The summed E-state index contributed by atoms with van der Waals surface area (Å²) < 4.78 is 22.5. The van der Waals surface area contributed by atoms with Crippen LogP contribution in [-0.2, 0) is 18.9 Å². The largest absolute Gasteiger partial charge is 0.382 e. The summed E-state index contributed by atoms with van der Waals surface area (Å²) in [6.45, 7) is 4.06. The molecular formula is C10H17IO5. The SMILES string of the molecule is COC[C@H]1OC(O)(CI)[C@@H]2OC(C)(C)O[C@@H]21. The fraction of sp³-hybridized carbons (Fsp3) is 1.00. The van der Waals surface area contributed by atoms with E-state index in [9.17, 15) is 5.11 Å². The number of methoxy groups -OCH3 is 1. The van der Waals surface area contributed by atoms with Crippen molar-refractivity contribution in [2.45, 2.75) is 43.7 Å². The van der Waals surface area contributed by atoms with E-state index in [0.717, 1.165) is 0 Å². The molecule has 2 aliphatic heterocycles. The first-order valence-corrected chi connectivity index (χ1v) is 6.75. The summed E-state index contributed by atoms with van der Waals surface area (Å²) in [6, 6.07) is 0. The Morgan fingerprint density at radius 3 is 2.56 bits per heavy atom. The van der Waals surface area contributed by atoms with Crippen molar-refractivity contribution in [3.63, 3.8) is 0 Å². The molecule has 2 fully saturated rings. The number of rotatable bonds is 3. The van der Waals surface area contributed by atoms with Gasteiger partial charge in [0.05, 0.1) is 11.0 Å². The lowest BCUT2D eigenvalue weighted by Crippen LogP contribution is -2.44. The zero-order chi connectivity index (χ0) is 12.0. The number of ether oxygens (including phenoxy) is 4. The van der Waals surface area contributed by atoms with Gasteiger partial charge in [0, 0.05) is 7.11 Å². The molecular weight excluding hydrogens is 327 g/mol. The third-order valence-corrected chi connectivity index (χ3v) is 3.91. The van der Waals surface area contributed by atoms with E-state index >= 15 is 0 Å². The van der Waals surface area contributed by atoms with Gasteiger partial charge < -0.3 is 24.1 Å². The average Bonchev–Trinajstić information content (AvgIpc) is 2.64. The molecule has 0 bridgehead atoms. The first-order chi connectivity index (χ1) is 7.42. The molecule has 0 aromatic carbocycles. The highest BCUT2D eigenvalue weighted by Gasteiger charge is 2.61. The number of aliphatic hydroxyl groups is 1. The van der Waals surface area contributed by atoms with Crippen molar-refractivity contribution in [1.82, 2.24) is 0 Å². The Balaban J connectivity index is 2.19. The van der Waals surface area contributed by atoms with Gasteiger partial charge in [-0.05, 0) is 13.8 Å².